The van der Waals surface area contributed by atoms with E-state index in [0.717, 1.165) is 49.5 Å². The maximum Gasteiger partial charge on any atom is 0.153 e. The fourth-order valence-corrected chi connectivity index (χ4v) is 3.78. The fourth-order valence-electron chi connectivity index (χ4n) is 3.55. The van der Waals surface area contributed by atoms with Crippen LogP contribution in [0.1, 0.15) is 30.0 Å². The molecule has 0 radical (unpaired) electrons. The first-order chi connectivity index (χ1) is 14.9. The monoisotopic (exact) mass is 454 g/mol. The van der Waals surface area contributed by atoms with Crippen molar-refractivity contribution in [1.82, 2.24) is 9.55 Å². The third kappa shape index (κ3) is 4.81. The highest BCUT2D eigenvalue weighted by Gasteiger charge is 2.18. The zero-order valence-corrected chi connectivity index (χ0v) is 19.2. The van der Waals surface area contributed by atoms with Gasteiger partial charge in [-0.15, -0.1) is 0 Å². The van der Waals surface area contributed by atoms with Crippen molar-refractivity contribution in [3.8, 4) is 11.5 Å². The highest BCUT2D eigenvalue weighted by atomic mass is 35.5. The summed E-state index contributed by atoms with van der Waals surface area (Å²) < 4.78 is 14.3. The molecule has 0 amide bonds. The summed E-state index contributed by atoms with van der Waals surface area (Å²) in [4.78, 5) is 4.84. The van der Waals surface area contributed by atoms with Crippen LogP contribution < -0.4 is 9.47 Å². The fraction of sp³-hybridized carbons (Fsp3) is 0.240. The summed E-state index contributed by atoms with van der Waals surface area (Å²) in [5.41, 5.74) is 3.96. The molecule has 0 aliphatic rings. The average Bonchev–Trinajstić information content (AvgIpc) is 3.12. The lowest BCUT2D eigenvalue weighted by atomic mass is 10.2. The SMILES string of the molecule is Cc1cc(OCCn2c(C(C)Oc3ccc(Cl)c(C)c3)nc3ccccc32)ccc1Cl. The summed E-state index contributed by atoms with van der Waals surface area (Å²) in [7, 11) is 0. The molecule has 1 atom stereocenters. The van der Waals surface area contributed by atoms with Gasteiger partial charge >= 0.3 is 0 Å². The van der Waals surface area contributed by atoms with Gasteiger partial charge in [0.1, 0.15) is 18.1 Å². The Morgan fingerprint density at radius 1 is 0.903 bits per heavy atom. The van der Waals surface area contributed by atoms with Crippen molar-refractivity contribution in [2.24, 2.45) is 0 Å². The molecule has 4 rings (SSSR count). The molecule has 4 nitrogen and oxygen atoms in total. The number of imidazole rings is 1. The van der Waals surface area contributed by atoms with Gasteiger partial charge in [-0.25, -0.2) is 4.98 Å². The maximum atomic E-state index is 6.20. The first-order valence-electron chi connectivity index (χ1n) is 10.2. The third-order valence-corrected chi connectivity index (χ3v) is 6.05. The van der Waals surface area contributed by atoms with E-state index in [4.69, 9.17) is 37.7 Å². The number of hydrogen-bond acceptors (Lipinski definition) is 3. The van der Waals surface area contributed by atoms with Crippen molar-refractivity contribution in [2.75, 3.05) is 6.61 Å². The van der Waals surface area contributed by atoms with E-state index in [1.165, 1.54) is 0 Å². The predicted octanol–water partition coefficient (Wildman–Crippen LogP) is 7.18. The number of ether oxygens (including phenoxy) is 2. The van der Waals surface area contributed by atoms with Gasteiger partial charge in [0.2, 0.25) is 0 Å². The van der Waals surface area contributed by atoms with Gasteiger partial charge in [-0.1, -0.05) is 35.3 Å². The van der Waals surface area contributed by atoms with Crippen LogP contribution in [0.2, 0.25) is 10.0 Å². The summed E-state index contributed by atoms with van der Waals surface area (Å²) in [5.74, 6) is 2.42. The van der Waals surface area contributed by atoms with Crippen LogP contribution in [0.3, 0.4) is 0 Å². The average molecular weight is 455 g/mol. The van der Waals surface area contributed by atoms with E-state index in [1.54, 1.807) is 0 Å². The van der Waals surface area contributed by atoms with Crippen molar-refractivity contribution < 1.29 is 9.47 Å². The molecule has 160 valence electrons. The molecule has 1 heterocycles. The first kappa shape index (κ1) is 21.5. The van der Waals surface area contributed by atoms with Crippen molar-refractivity contribution in [3.05, 3.63) is 87.7 Å². The largest absolute Gasteiger partial charge is 0.492 e. The number of para-hydroxylation sites is 2. The minimum Gasteiger partial charge on any atom is -0.492 e. The molecule has 0 aliphatic heterocycles. The highest BCUT2D eigenvalue weighted by molar-refractivity contribution is 6.31. The summed E-state index contributed by atoms with van der Waals surface area (Å²) >= 11 is 12.3. The van der Waals surface area contributed by atoms with E-state index in [2.05, 4.69) is 10.6 Å². The van der Waals surface area contributed by atoms with Crippen molar-refractivity contribution in [1.29, 1.82) is 0 Å². The zero-order chi connectivity index (χ0) is 22.0. The minimum absolute atomic E-state index is 0.245. The molecular weight excluding hydrogens is 431 g/mol. The van der Waals surface area contributed by atoms with E-state index < -0.39 is 0 Å². The molecule has 1 aromatic heterocycles. The summed E-state index contributed by atoms with van der Waals surface area (Å²) in [6.45, 7) is 7.08. The second kappa shape index (κ2) is 9.21. The zero-order valence-electron chi connectivity index (χ0n) is 17.7. The van der Waals surface area contributed by atoms with Crippen LogP contribution in [0.25, 0.3) is 11.0 Å². The van der Waals surface area contributed by atoms with Gasteiger partial charge in [0.15, 0.2) is 11.9 Å². The molecule has 0 saturated heterocycles. The van der Waals surface area contributed by atoms with E-state index >= 15 is 0 Å². The normalized spacial score (nSPS) is 12.2. The first-order valence-corrected chi connectivity index (χ1v) is 10.9. The second-order valence-corrected chi connectivity index (χ2v) is 8.36. The predicted molar refractivity (Wildman–Crippen MR) is 127 cm³/mol. The van der Waals surface area contributed by atoms with Gasteiger partial charge < -0.3 is 14.0 Å². The van der Waals surface area contributed by atoms with Crippen LogP contribution in [0.4, 0.5) is 0 Å². The lowest BCUT2D eigenvalue weighted by Crippen LogP contribution is -2.15. The number of rotatable bonds is 7. The van der Waals surface area contributed by atoms with Gasteiger partial charge in [-0.2, -0.15) is 0 Å². The van der Waals surface area contributed by atoms with Crippen molar-refractivity contribution in [2.45, 2.75) is 33.4 Å². The standard InChI is InChI=1S/C25H24Cl2N2O2/c1-16-14-19(8-10-21(16)26)30-13-12-29-24-7-5-4-6-23(24)28-25(29)18(3)31-20-9-11-22(27)17(2)15-20/h4-11,14-15,18H,12-13H2,1-3H3. The van der Waals surface area contributed by atoms with Gasteiger partial charge in [0, 0.05) is 10.0 Å². The number of fused-ring (bicyclic) bond motifs is 1. The number of hydrogen-bond donors (Lipinski definition) is 0. The summed E-state index contributed by atoms with van der Waals surface area (Å²) in [6.07, 6.45) is -0.245. The van der Waals surface area contributed by atoms with E-state index in [-0.39, 0.29) is 6.10 Å². The van der Waals surface area contributed by atoms with Crippen molar-refractivity contribution in [3.63, 3.8) is 0 Å². The molecule has 1 unspecified atom stereocenters. The number of halogens is 2. The summed E-state index contributed by atoms with van der Waals surface area (Å²) in [5, 5.41) is 1.46. The smallest absolute Gasteiger partial charge is 0.153 e. The van der Waals surface area contributed by atoms with Gasteiger partial charge in [0.05, 0.1) is 17.6 Å². The Labute approximate surface area is 192 Å². The summed E-state index contributed by atoms with van der Waals surface area (Å²) in [6, 6.07) is 19.4. The van der Waals surface area contributed by atoms with E-state index in [1.807, 2.05) is 75.4 Å². The highest BCUT2D eigenvalue weighted by Crippen LogP contribution is 2.28. The lowest BCUT2D eigenvalue weighted by Gasteiger charge is -2.17. The molecule has 0 bridgehead atoms. The van der Waals surface area contributed by atoms with Crippen LogP contribution in [-0.2, 0) is 6.54 Å². The van der Waals surface area contributed by atoms with Gasteiger partial charge in [-0.3, -0.25) is 0 Å². The Morgan fingerprint density at radius 2 is 1.55 bits per heavy atom. The molecule has 0 spiro atoms. The second-order valence-electron chi connectivity index (χ2n) is 7.54. The van der Waals surface area contributed by atoms with E-state index in [0.29, 0.717) is 13.2 Å². The third-order valence-electron chi connectivity index (χ3n) is 5.20. The quantitative estimate of drug-likeness (QED) is 0.296. The number of aromatic nitrogens is 2. The molecule has 3 aromatic carbocycles. The molecule has 0 N–H and O–H groups in total. The molecule has 6 heteroatoms. The topological polar surface area (TPSA) is 36.3 Å². The van der Waals surface area contributed by atoms with Crippen LogP contribution in [0, 0.1) is 13.8 Å². The van der Waals surface area contributed by atoms with Crippen LogP contribution >= 0.6 is 23.2 Å². The Bertz CT molecular complexity index is 1220. The Kier molecular flexibility index (Phi) is 6.40. The number of nitrogens with zero attached hydrogens (tertiary/aromatic N) is 2. The van der Waals surface area contributed by atoms with Crippen molar-refractivity contribution >= 4 is 34.2 Å². The molecule has 0 saturated carbocycles. The van der Waals surface area contributed by atoms with Crippen LogP contribution in [0.15, 0.2) is 60.7 Å². The molecule has 0 aliphatic carbocycles. The number of aryl methyl sites for hydroxylation is 2. The van der Waals surface area contributed by atoms with E-state index in [9.17, 15) is 0 Å². The Balaban J connectivity index is 1.56. The number of benzene rings is 3. The Hall–Kier alpha value is -2.69. The van der Waals surface area contributed by atoms with Crippen LogP contribution in [0.5, 0.6) is 11.5 Å². The van der Waals surface area contributed by atoms with Gasteiger partial charge in [0.25, 0.3) is 0 Å². The van der Waals surface area contributed by atoms with Crippen LogP contribution in [-0.4, -0.2) is 16.2 Å². The molecule has 4 aromatic rings. The maximum absolute atomic E-state index is 6.20. The molecule has 31 heavy (non-hydrogen) atoms. The lowest BCUT2D eigenvalue weighted by molar-refractivity contribution is 0.207. The minimum atomic E-state index is -0.245. The molecular formula is C25H24Cl2N2O2. The Morgan fingerprint density at radius 3 is 2.26 bits per heavy atom. The molecule has 0 fully saturated rings. The van der Waals surface area contributed by atoms with Gasteiger partial charge in [-0.05, 0) is 80.4 Å².